The van der Waals surface area contributed by atoms with Gasteiger partial charge in [0.15, 0.2) is 11.5 Å². The van der Waals surface area contributed by atoms with Gasteiger partial charge in [0.1, 0.15) is 5.70 Å². The number of anilines is 1. The van der Waals surface area contributed by atoms with Gasteiger partial charge in [0.25, 0.3) is 5.91 Å². The first-order valence-electron chi connectivity index (χ1n) is 9.02. The highest BCUT2D eigenvalue weighted by Crippen LogP contribution is 2.28. The maximum atomic E-state index is 12.9. The summed E-state index contributed by atoms with van der Waals surface area (Å²) in [5.41, 5.74) is 1.47. The van der Waals surface area contributed by atoms with Crippen LogP contribution in [0.4, 0.5) is 5.69 Å². The van der Waals surface area contributed by atoms with Crippen molar-refractivity contribution in [3.63, 3.8) is 0 Å². The molecule has 0 fully saturated rings. The second-order valence-electron chi connectivity index (χ2n) is 6.33. The summed E-state index contributed by atoms with van der Waals surface area (Å²) in [4.78, 5) is 24.6. The Bertz CT molecular complexity index is 1080. The van der Waals surface area contributed by atoms with Crippen LogP contribution in [0.5, 0.6) is 11.5 Å². The molecule has 0 atom stereocenters. The van der Waals surface area contributed by atoms with Gasteiger partial charge in [-0.2, -0.15) is 0 Å². The lowest BCUT2D eigenvalue weighted by Crippen LogP contribution is -2.29. The maximum Gasteiger partial charge on any atom is 0.272 e. The molecule has 0 saturated heterocycles. The SMILES string of the molecule is COc1ccc(C=C(NC(C)=O)C(=O)Nc2cccc3ccccc23)cc1OC. The van der Waals surface area contributed by atoms with Crippen LogP contribution in [0.2, 0.25) is 0 Å². The Labute approximate surface area is 169 Å². The molecule has 3 rings (SSSR count). The van der Waals surface area contributed by atoms with E-state index in [-0.39, 0.29) is 11.6 Å². The van der Waals surface area contributed by atoms with Crippen LogP contribution in [-0.2, 0) is 9.59 Å². The van der Waals surface area contributed by atoms with E-state index in [0.717, 1.165) is 10.8 Å². The number of rotatable bonds is 6. The van der Waals surface area contributed by atoms with Crippen molar-refractivity contribution in [2.45, 2.75) is 6.92 Å². The molecule has 3 aromatic rings. The fourth-order valence-corrected chi connectivity index (χ4v) is 2.98. The number of methoxy groups -OCH3 is 2. The molecular weight excluding hydrogens is 368 g/mol. The minimum absolute atomic E-state index is 0.123. The molecule has 0 saturated carbocycles. The number of hydrogen-bond donors (Lipinski definition) is 2. The van der Waals surface area contributed by atoms with Gasteiger partial charge in [-0.1, -0.05) is 42.5 Å². The predicted octanol–water partition coefficient (Wildman–Crippen LogP) is 3.97. The Hall–Kier alpha value is -3.80. The Balaban J connectivity index is 1.95. The third-order valence-corrected chi connectivity index (χ3v) is 4.31. The largest absolute Gasteiger partial charge is 0.493 e. The highest BCUT2D eigenvalue weighted by molar-refractivity contribution is 6.11. The minimum atomic E-state index is -0.425. The lowest BCUT2D eigenvalue weighted by atomic mass is 10.1. The first kappa shape index (κ1) is 19.9. The van der Waals surface area contributed by atoms with Crippen LogP contribution in [0.3, 0.4) is 0 Å². The number of hydrogen-bond acceptors (Lipinski definition) is 4. The summed E-state index contributed by atoms with van der Waals surface area (Å²) >= 11 is 0. The van der Waals surface area contributed by atoms with Crippen LogP contribution in [0.25, 0.3) is 16.8 Å². The number of carbonyl (C=O) groups is 2. The van der Waals surface area contributed by atoms with Crippen LogP contribution in [0.1, 0.15) is 12.5 Å². The number of nitrogens with one attached hydrogen (secondary N) is 2. The molecule has 6 heteroatoms. The van der Waals surface area contributed by atoms with Crippen molar-refractivity contribution in [1.82, 2.24) is 5.32 Å². The van der Waals surface area contributed by atoms with E-state index in [9.17, 15) is 9.59 Å². The maximum absolute atomic E-state index is 12.9. The summed E-state index contributed by atoms with van der Waals surface area (Å²) in [5.74, 6) is 0.333. The summed E-state index contributed by atoms with van der Waals surface area (Å²) in [6.45, 7) is 1.35. The number of benzene rings is 3. The van der Waals surface area contributed by atoms with Crippen molar-refractivity contribution in [1.29, 1.82) is 0 Å². The van der Waals surface area contributed by atoms with Gasteiger partial charge in [-0.3, -0.25) is 9.59 Å². The number of amides is 2. The first-order chi connectivity index (χ1) is 14.0. The van der Waals surface area contributed by atoms with Gasteiger partial charge < -0.3 is 20.1 Å². The zero-order chi connectivity index (χ0) is 20.8. The first-order valence-corrected chi connectivity index (χ1v) is 9.02. The van der Waals surface area contributed by atoms with Crippen molar-refractivity contribution < 1.29 is 19.1 Å². The molecule has 0 radical (unpaired) electrons. The van der Waals surface area contributed by atoms with E-state index in [4.69, 9.17) is 9.47 Å². The Morgan fingerprint density at radius 3 is 2.34 bits per heavy atom. The van der Waals surface area contributed by atoms with Crippen LogP contribution in [0.15, 0.2) is 66.4 Å². The molecule has 0 unspecified atom stereocenters. The van der Waals surface area contributed by atoms with Crippen molar-refractivity contribution in [2.24, 2.45) is 0 Å². The molecule has 0 aliphatic heterocycles. The van der Waals surface area contributed by atoms with Gasteiger partial charge in [0.05, 0.1) is 14.2 Å². The van der Waals surface area contributed by atoms with Crippen LogP contribution < -0.4 is 20.1 Å². The standard InChI is InChI=1S/C23H22N2O4/c1-15(26)24-20(13-16-11-12-21(28-2)22(14-16)29-3)23(27)25-19-10-6-8-17-7-4-5-9-18(17)19/h4-14H,1-3H3,(H,24,26)(H,25,27). The smallest absolute Gasteiger partial charge is 0.272 e. The zero-order valence-electron chi connectivity index (χ0n) is 16.5. The average Bonchev–Trinajstić information content (AvgIpc) is 2.73. The Morgan fingerprint density at radius 2 is 1.62 bits per heavy atom. The van der Waals surface area contributed by atoms with Gasteiger partial charge in [-0.15, -0.1) is 0 Å². The fourth-order valence-electron chi connectivity index (χ4n) is 2.98. The van der Waals surface area contributed by atoms with Crippen LogP contribution >= 0.6 is 0 Å². The zero-order valence-corrected chi connectivity index (χ0v) is 16.5. The predicted molar refractivity (Wildman–Crippen MR) is 114 cm³/mol. The van der Waals surface area contributed by atoms with E-state index in [0.29, 0.717) is 22.7 Å². The van der Waals surface area contributed by atoms with Gasteiger partial charge in [-0.05, 0) is 35.2 Å². The minimum Gasteiger partial charge on any atom is -0.493 e. The number of carbonyl (C=O) groups excluding carboxylic acids is 2. The van der Waals surface area contributed by atoms with Gasteiger partial charge in [0, 0.05) is 18.0 Å². The van der Waals surface area contributed by atoms with Crippen molar-refractivity contribution >= 4 is 34.4 Å². The molecule has 6 nitrogen and oxygen atoms in total. The third kappa shape index (κ3) is 4.73. The molecule has 0 aliphatic carbocycles. The molecule has 29 heavy (non-hydrogen) atoms. The van der Waals surface area contributed by atoms with Crippen molar-refractivity contribution in [3.05, 3.63) is 71.9 Å². The van der Waals surface area contributed by atoms with Crippen molar-refractivity contribution in [2.75, 3.05) is 19.5 Å². The highest BCUT2D eigenvalue weighted by Gasteiger charge is 2.14. The summed E-state index contributed by atoms with van der Waals surface area (Å²) in [6.07, 6.45) is 1.59. The van der Waals surface area contributed by atoms with E-state index in [1.54, 1.807) is 31.4 Å². The lowest BCUT2D eigenvalue weighted by molar-refractivity contribution is -0.120. The van der Waals surface area contributed by atoms with Gasteiger partial charge in [0.2, 0.25) is 5.91 Å². The second kappa shape index (κ2) is 8.93. The lowest BCUT2D eigenvalue weighted by Gasteiger charge is -2.12. The monoisotopic (exact) mass is 390 g/mol. The van der Waals surface area contributed by atoms with E-state index < -0.39 is 5.91 Å². The van der Waals surface area contributed by atoms with Crippen molar-refractivity contribution in [3.8, 4) is 11.5 Å². The Morgan fingerprint density at radius 1 is 0.897 bits per heavy atom. The molecule has 2 N–H and O–H groups in total. The summed E-state index contributed by atoms with van der Waals surface area (Å²) < 4.78 is 10.5. The highest BCUT2D eigenvalue weighted by atomic mass is 16.5. The van der Waals surface area contributed by atoms with Crippen LogP contribution in [-0.4, -0.2) is 26.0 Å². The molecule has 0 spiro atoms. The van der Waals surface area contributed by atoms with Gasteiger partial charge >= 0.3 is 0 Å². The molecule has 0 heterocycles. The second-order valence-corrected chi connectivity index (χ2v) is 6.33. The quantitative estimate of drug-likeness (QED) is 0.625. The average molecular weight is 390 g/mol. The Kier molecular flexibility index (Phi) is 6.14. The fraction of sp³-hybridized carbons (Fsp3) is 0.130. The number of ether oxygens (including phenoxy) is 2. The normalized spacial score (nSPS) is 11.1. The molecule has 0 aromatic heterocycles. The third-order valence-electron chi connectivity index (χ3n) is 4.31. The molecular formula is C23H22N2O4. The molecule has 0 aliphatic rings. The van der Waals surface area contributed by atoms with E-state index in [1.807, 2.05) is 42.5 Å². The molecule has 2 amide bonds. The summed E-state index contributed by atoms with van der Waals surface area (Å²) in [7, 11) is 3.08. The van der Waals surface area contributed by atoms with Crippen LogP contribution in [0, 0.1) is 0 Å². The molecule has 3 aromatic carbocycles. The van der Waals surface area contributed by atoms with E-state index in [1.165, 1.54) is 14.0 Å². The van der Waals surface area contributed by atoms with E-state index >= 15 is 0 Å². The molecule has 148 valence electrons. The van der Waals surface area contributed by atoms with Gasteiger partial charge in [-0.25, -0.2) is 0 Å². The summed E-state index contributed by atoms with van der Waals surface area (Å²) in [6, 6.07) is 18.6. The van der Waals surface area contributed by atoms with E-state index in [2.05, 4.69) is 10.6 Å². The molecule has 0 bridgehead atoms. The topological polar surface area (TPSA) is 76.7 Å². The number of fused-ring (bicyclic) bond motifs is 1. The summed E-state index contributed by atoms with van der Waals surface area (Å²) in [5, 5.41) is 7.41.